The van der Waals surface area contributed by atoms with Crippen LogP contribution in [0.5, 0.6) is 0 Å². The van der Waals surface area contributed by atoms with E-state index in [0.29, 0.717) is 11.7 Å². The summed E-state index contributed by atoms with van der Waals surface area (Å²) in [5, 5.41) is 12.6. The molecule has 6 nitrogen and oxygen atoms in total. The Morgan fingerprint density at radius 1 is 1.47 bits per heavy atom. The molecule has 2 heterocycles. The average molecular weight is 232 g/mol. The zero-order chi connectivity index (χ0) is 12.0. The third-order valence-corrected chi connectivity index (χ3v) is 3.14. The fourth-order valence-corrected chi connectivity index (χ4v) is 2.17. The van der Waals surface area contributed by atoms with E-state index in [0.717, 1.165) is 23.5 Å². The van der Waals surface area contributed by atoms with Crippen molar-refractivity contribution >= 4 is 5.82 Å². The summed E-state index contributed by atoms with van der Waals surface area (Å²) >= 11 is 0. The van der Waals surface area contributed by atoms with Crippen molar-refractivity contribution in [3.05, 3.63) is 17.6 Å². The second kappa shape index (κ2) is 3.58. The molecule has 0 amide bonds. The van der Waals surface area contributed by atoms with Crippen LogP contribution in [0.2, 0.25) is 0 Å². The van der Waals surface area contributed by atoms with E-state index in [1.165, 1.54) is 12.8 Å². The number of aryl methyl sites for hydroxylation is 2. The summed E-state index contributed by atoms with van der Waals surface area (Å²) in [6, 6.07) is 0. The van der Waals surface area contributed by atoms with Crippen LogP contribution in [-0.4, -0.2) is 24.8 Å². The molecule has 0 radical (unpaired) electrons. The van der Waals surface area contributed by atoms with Crippen molar-refractivity contribution in [1.29, 1.82) is 0 Å². The molecule has 2 aromatic heterocycles. The summed E-state index contributed by atoms with van der Waals surface area (Å²) in [4.78, 5) is 0. The molecule has 1 aliphatic rings. The number of hydrogen-bond acceptors (Lipinski definition) is 4. The van der Waals surface area contributed by atoms with Crippen molar-refractivity contribution in [2.75, 3.05) is 5.73 Å². The van der Waals surface area contributed by atoms with Crippen LogP contribution in [0.4, 0.5) is 5.82 Å². The Balaban J connectivity index is 2.14. The molecule has 0 aliphatic heterocycles. The van der Waals surface area contributed by atoms with Gasteiger partial charge in [-0.2, -0.15) is 5.10 Å². The van der Waals surface area contributed by atoms with Crippen molar-refractivity contribution in [1.82, 2.24) is 24.8 Å². The molecule has 0 saturated heterocycles. The van der Waals surface area contributed by atoms with Gasteiger partial charge in [0.15, 0.2) is 5.82 Å². The summed E-state index contributed by atoms with van der Waals surface area (Å²) in [5.74, 6) is 1.08. The van der Waals surface area contributed by atoms with E-state index in [4.69, 9.17) is 5.73 Å². The molecular formula is C11H16N6. The van der Waals surface area contributed by atoms with Gasteiger partial charge in [0.1, 0.15) is 5.69 Å². The van der Waals surface area contributed by atoms with E-state index in [1.54, 1.807) is 0 Å². The van der Waals surface area contributed by atoms with E-state index in [-0.39, 0.29) is 0 Å². The smallest absolute Gasteiger partial charge is 0.169 e. The predicted molar refractivity (Wildman–Crippen MR) is 63.9 cm³/mol. The topological polar surface area (TPSA) is 74.5 Å². The van der Waals surface area contributed by atoms with Crippen LogP contribution in [0.3, 0.4) is 0 Å². The Morgan fingerprint density at radius 3 is 2.88 bits per heavy atom. The first kappa shape index (κ1) is 10.3. The number of hydrogen-bond donors (Lipinski definition) is 1. The largest absolute Gasteiger partial charge is 0.381 e. The van der Waals surface area contributed by atoms with Crippen molar-refractivity contribution < 1.29 is 0 Å². The summed E-state index contributed by atoms with van der Waals surface area (Å²) < 4.78 is 3.67. The molecular weight excluding hydrogens is 216 g/mol. The predicted octanol–water partition coefficient (Wildman–Crippen LogP) is 1.02. The monoisotopic (exact) mass is 232 g/mol. The normalized spacial score (nSPS) is 15.4. The first-order chi connectivity index (χ1) is 8.20. The number of aromatic nitrogens is 5. The number of nitrogens with two attached hydrogens (primary N) is 1. The molecule has 0 unspecified atom stereocenters. The van der Waals surface area contributed by atoms with Gasteiger partial charge in [0, 0.05) is 13.0 Å². The second-order valence-electron chi connectivity index (χ2n) is 4.53. The molecule has 90 valence electrons. The van der Waals surface area contributed by atoms with Crippen molar-refractivity contribution in [2.45, 2.75) is 32.1 Å². The minimum Gasteiger partial charge on any atom is -0.381 e. The molecule has 1 aliphatic carbocycles. The van der Waals surface area contributed by atoms with Crippen LogP contribution >= 0.6 is 0 Å². The number of nitrogens with zero attached hydrogens (tertiary/aromatic N) is 5. The van der Waals surface area contributed by atoms with Gasteiger partial charge in [-0.1, -0.05) is 12.1 Å². The molecule has 2 N–H and O–H groups in total. The third-order valence-electron chi connectivity index (χ3n) is 3.14. The Kier molecular flexibility index (Phi) is 2.17. The Morgan fingerprint density at radius 2 is 2.24 bits per heavy atom. The molecule has 3 rings (SSSR count). The van der Waals surface area contributed by atoms with Gasteiger partial charge in [-0.25, -0.2) is 4.68 Å². The van der Waals surface area contributed by atoms with Crippen molar-refractivity contribution in [3.8, 4) is 5.69 Å². The maximum absolute atomic E-state index is 5.90. The maximum atomic E-state index is 5.90. The molecule has 1 saturated carbocycles. The second-order valence-corrected chi connectivity index (χ2v) is 4.53. The zero-order valence-electron chi connectivity index (χ0n) is 10.1. The standard InChI is InChI=1S/C11H16N6/c1-3-8-9(6-16(2)14-8)17-10(7-4-5-7)11(12)13-15-17/h6-7H,3-5,12H2,1-2H3. The minimum atomic E-state index is 0.523. The van der Waals surface area contributed by atoms with Crippen LogP contribution in [0.25, 0.3) is 5.69 Å². The lowest BCUT2D eigenvalue weighted by molar-refractivity contribution is 0.746. The van der Waals surface area contributed by atoms with Gasteiger partial charge in [0.25, 0.3) is 0 Å². The highest BCUT2D eigenvalue weighted by Gasteiger charge is 2.31. The molecule has 0 atom stereocenters. The third kappa shape index (κ3) is 1.60. The Bertz CT molecular complexity index is 548. The van der Waals surface area contributed by atoms with Gasteiger partial charge in [-0.3, -0.25) is 4.68 Å². The summed E-state index contributed by atoms with van der Waals surface area (Å²) in [6.07, 6.45) is 5.21. The van der Waals surface area contributed by atoms with Crippen LogP contribution in [-0.2, 0) is 13.5 Å². The molecule has 6 heteroatoms. The molecule has 0 spiro atoms. The highest BCUT2D eigenvalue weighted by Crippen LogP contribution is 2.42. The Labute approximate surface area is 99.4 Å². The molecule has 17 heavy (non-hydrogen) atoms. The fraction of sp³-hybridized carbons (Fsp3) is 0.545. The van der Waals surface area contributed by atoms with Crippen LogP contribution in [0.1, 0.15) is 37.1 Å². The summed E-state index contributed by atoms with van der Waals surface area (Å²) in [7, 11) is 1.92. The Hall–Kier alpha value is -1.85. The van der Waals surface area contributed by atoms with Crippen molar-refractivity contribution in [3.63, 3.8) is 0 Å². The molecule has 0 bridgehead atoms. The quantitative estimate of drug-likeness (QED) is 0.857. The van der Waals surface area contributed by atoms with E-state index >= 15 is 0 Å². The van der Waals surface area contributed by atoms with Crippen LogP contribution < -0.4 is 5.73 Å². The number of anilines is 1. The van der Waals surface area contributed by atoms with Crippen LogP contribution in [0, 0.1) is 0 Å². The number of rotatable bonds is 3. The maximum Gasteiger partial charge on any atom is 0.169 e. The molecule has 1 fully saturated rings. The highest BCUT2D eigenvalue weighted by molar-refractivity contribution is 5.45. The van der Waals surface area contributed by atoms with Gasteiger partial charge >= 0.3 is 0 Å². The zero-order valence-corrected chi connectivity index (χ0v) is 10.1. The average Bonchev–Trinajstić information content (AvgIpc) is 2.97. The van der Waals surface area contributed by atoms with Gasteiger partial charge < -0.3 is 5.73 Å². The number of nitrogen functional groups attached to an aromatic ring is 1. The lowest BCUT2D eigenvalue weighted by Gasteiger charge is -2.04. The van der Waals surface area contributed by atoms with Gasteiger partial charge in [-0.15, -0.1) is 5.10 Å². The lowest BCUT2D eigenvalue weighted by atomic mass is 10.2. The SMILES string of the molecule is CCc1nn(C)cc1-n1nnc(N)c1C1CC1. The summed E-state index contributed by atoms with van der Waals surface area (Å²) in [5.41, 5.74) is 8.97. The van der Waals surface area contributed by atoms with E-state index in [1.807, 2.05) is 22.6 Å². The van der Waals surface area contributed by atoms with Crippen LogP contribution in [0.15, 0.2) is 6.20 Å². The molecule has 2 aromatic rings. The first-order valence-corrected chi connectivity index (χ1v) is 5.94. The fourth-order valence-electron chi connectivity index (χ4n) is 2.17. The van der Waals surface area contributed by atoms with E-state index in [9.17, 15) is 0 Å². The van der Waals surface area contributed by atoms with Gasteiger partial charge in [0.2, 0.25) is 0 Å². The van der Waals surface area contributed by atoms with E-state index in [2.05, 4.69) is 22.3 Å². The van der Waals surface area contributed by atoms with Crippen molar-refractivity contribution in [2.24, 2.45) is 7.05 Å². The highest BCUT2D eigenvalue weighted by atomic mass is 15.5. The van der Waals surface area contributed by atoms with Gasteiger partial charge in [0.05, 0.1) is 17.6 Å². The first-order valence-electron chi connectivity index (χ1n) is 5.94. The lowest BCUT2D eigenvalue weighted by Crippen LogP contribution is -2.04. The minimum absolute atomic E-state index is 0.523. The van der Waals surface area contributed by atoms with E-state index < -0.39 is 0 Å². The summed E-state index contributed by atoms with van der Waals surface area (Å²) in [6.45, 7) is 2.09. The van der Waals surface area contributed by atoms with Gasteiger partial charge in [-0.05, 0) is 19.3 Å². The molecule has 0 aromatic carbocycles.